The van der Waals surface area contributed by atoms with Crippen LogP contribution in [0.25, 0.3) is 21.8 Å². The molecule has 0 amide bonds. The summed E-state index contributed by atoms with van der Waals surface area (Å²) in [7, 11) is -3.81. The van der Waals surface area contributed by atoms with Gasteiger partial charge in [0, 0.05) is 34.5 Å². The molecule has 5 heteroatoms. The van der Waals surface area contributed by atoms with Gasteiger partial charge in [-0.2, -0.15) is 0 Å². The van der Waals surface area contributed by atoms with Crippen LogP contribution in [0.15, 0.2) is 48.5 Å². The first-order chi connectivity index (χ1) is 12.1. The van der Waals surface area contributed by atoms with Crippen LogP contribution in [0.4, 0.5) is 0 Å². The lowest BCUT2D eigenvalue weighted by Crippen LogP contribution is -1.97. The zero-order valence-electron chi connectivity index (χ0n) is 14.5. The number of hydrogen-bond donors (Lipinski definition) is 2. The number of benzene rings is 2. The molecule has 0 bridgehead atoms. The molecule has 1 aromatic heterocycles. The van der Waals surface area contributed by atoms with Crippen LogP contribution in [0.3, 0.4) is 0 Å². The van der Waals surface area contributed by atoms with Crippen molar-refractivity contribution in [1.29, 1.82) is 0 Å². The zero-order chi connectivity index (χ0) is 17.7. The Morgan fingerprint density at radius 1 is 0.720 bits per heavy atom. The van der Waals surface area contributed by atoms with Gasteiger partial charge in [0.2, 0.25) is 0 Å². The smallest absolute Gasteiger partial charge is 0.325 e. The van der Waals surface area contributed by atoms with E-state index in [4.69, 9.17) is 9.79 Å². The van der Waals surface area contributed by atoms with Gasteiger partial charge in [-0.15, -0.1) is 0 Å². The van der Waals surface area contributed by atoms with Crippen LogP contribution in [-0.4, -0.2) is 20.5 Å². The van der Waals surface area contributed by atoms with Gasteiger partial charge in [-0.05, 0) is 25.0 Å². The van der Waals surface area contributed by atoms with E-state index in [0.29, 0.717) is 6.42 Å². The number of aromatic nitrogens is 1. The first kappa shape index (κ1) is 18.2. The van der Waals surface area contributed by atoms with Gasteiger partial charge < -0.3 is 14.4 Å². The second kappa shape index (κ2) is 8.18. The fourth-order valence-electron chi connectivity index (χ4n) is 3.54. The van der Waals surface area contributed by atoms with E-state index in [-0.39, 0.29) is 6.16 Å². The molecule has 2 aromatic carbocycles. The van der Waals surface area contributed by atoms with Crippen LogP contribution in [0, 0.1) is 0 Å². The molecular formula is C20H26NO3P. The summed E-state index contributed by atoms with van der Waals surface area (Å²) >= 11 is 0. The molecule has 0 fully saturated rings. The lowest BCUT2D eigenvalue weighted by atomic mass is 10.1. The minimum absolute atomic E-state index is 0.0222. The maximum Gasteiger partial charge on any atom is 0.325 e. The normalized spacial score (nSPS) is 12.2. The highest BCUT2D eigenvalue weighted by molar-refractivity contribution is 7.51. The number of nitrogens with zero attached hydrogens (tertiary/aromatic N) is 1. The van der Waals surface area contributed by atoms with Crippen molar-refractivity contribution in [2.75, 3.05) is 6.16 Å². The van der Waals surface area contributed by atoms with Gasteiger partial charge >= 0.3 is 7.60 Å². The number of aryl methyl sites for hydroxylation is 1. The van der Waals surface area contributed by atoms with Gasteiger partial charge in [0.15, 0.2) is 0 Å². The van der Waals surface area contributed by atoms with E-state index in [1.807, 2.05) is 0 Å². The predicted molar refractivity (Wildman–Crippen MR) is 104 cm³/mol. The van der Waals surface area contributed by atoms with E-state index in [0.717, 1.165) is 38.6 Å². The molecule has 0 aliphatic rings. The van der Waals surface area contributed by atoms with Crippen molar-refractivity contribution >= 4 is 29.4 Å². The quantitative estimate of drug-likeness (QED) is 0.402. The van der Waals surface area contributed by atoms with Crippen LogP contribution in [0.1, 0.15) is 38.5 Å². The number of para-hydroxylation sites is 2. The zero-order valence-corrected chi connectivity index (χ0v) is 15.4. The molecule has 134 valence electrons. The average molecular weight is 359 g/mol. The van der Waals surface area contributed by atoms with Gasteiger partial charge in [-0.25, -0.2) is 0 Å². The Hall–Kier alpha value is -1.61. The highest BCUT2D eigenvalue weighted by Gasteiger charge is 2.11. The van der Waals surface area contributed by atoms with Crippen molar-refractivity contribution in [3.63, 3.8) is 0 Å². The Kier molecular flexibility index (Phi) is 5.95. The Morgan fingerprint density at radius 3 is 1.76 bits per heavy atom. The van der Waals surface area contributed by atoms with E-state index in [2.05, 4.69) is 53.1 Å². The van der Waals surface area contributed by atoms with Crippen molar-refractivity contribution in [2.24, 2.45) is 0 Å². The largest absolute Gasteiger partial charge is 0.340 e. The second-order valence-electron chi connectivity index (χ2n) is 6.70. The molecule has 0 atom stereocenters. The van der Waals surface area contributed by atoms with Gasteiger partial charge in [-0.3, -0.25) is 4.57 Å². The summed E-state index contributed by atoms with van der Waals surface area (Å²) in [4.78, 5) is 17.7. The molecule has 2 N–H and O–H groups in total. The molecule has 0 aliphatic heterocycles. The van der Waals surface area contributed by atoms with Crippen molar-refractivity contribution in [1.82, 2.24) is 4.57 Å². The third kappa shape index (κ3) is 4.72. The van der Waals surface area contributed by atoms with Crippen molar-refractivity contribution in [3.05, 3.63) is 48.5 Å². The van der Waals surface area contributed by atoms with Crippen LogP contribution in [0.5, 0.6) is 0 Å². The summed E-state index contributed by atoms with van der Waals surface area (Å²) in [5.41, 5.74) is 2.59. The van der Waals surface area contributed by atoms with Gasteiger partial charge in [0.25, 0.3) is 0 Å². The van der Waals surface area contributed by atoms with E-state index < -0.39 is 7.60 Å². The standard InChI is InChI=1S/C20H26NO3P/c22-25(23,24)16-10-4-2-1-3-9-15-21-19-13-7-5-11-17(19)18-12-6-8-14-20(18)21/h5-8,11-14H,1-4,9-10,15-16H2,(H2,22,23,24). The van der Waals surface area contributed by atoms with Crippen LogP contribution < -0.4 is 0 Å². The first-order valence-electron chi connectivity index (χ1n) is 9.07. The van der Waals surface area contributed by atoms with Gasteiger partial charge in [-0.1, -0.05) is 62.1 Å². The molecule has 0 saturated heterocycles. The molecule has 0 aliphatic carbocycles. The molecule has 25 heavy (non-hydrogen) atoms. The molecule has 4 nitrogen and oxygen atoms in total. The van der Waals surface area contributed by atoms with Gasteiger partial charge in [0.05, 0.1) is 0 Å². The van der Waals surface area contributed by atoms with Crippen molar-refractivity contribution in [2.45, 2.75) is 45.1 Å². The van der Waals surface area contributed by atoms with Crippen molar-refractivity contribution in [3.8, 4) is 0 Å². The molecule has 0 spiro atoms. The number of unbranched alkanes of at least 4 members (excludes halogenated alkanes) is 5. The molecule has 1 heterocycles. The molecule has 0 unspecified atom stereocenters. The maximum absolute atomic E-state index is 10.8. The lowest BCUT2D eigenvalue weighted by molar-refractivity contribution is 0.370. The molecule has 0 saturated carbocycles. The maximum atomic E-state index is 10.8. The SMILES string of the molecule is O=P(O)(O)CCCCCCCCn1c2ccccc2c2ccccc21. The summed E-state index contributed by atoms with van der Waals surface area (Å²) < 4.78 is 13.2. The highest BCUT2D eigenvalue weighted by Crippen LogP contribution is 2.35. The minimum atomic E-state index is -3.81. The number of rotatable bonds is 9. The molecule has 0 radical (unpaired) electrons. The minimum Gasteiger partial charge on any atom is -0.340 e. The monoisotopic (exact) mass is 359 g/mol. The van der Waals surface area contributed by atoms with E-state index in [9.17, 15) is 4.57 Å². The fourth-order valence-corrected chi connectivity index (χ4v) is 4.17. The van der Waals surface area contributed by atoms with E-state index in [1.54, 1.807) is 0 Å². The third-order valence-electron chi connectivity index (χ3n) is 4.76. The fraction of sp³-hybridized carbons (Fsp3) is 0.400. The predicted octanol–water partition coefficient (Wildman–Crippen LogP) is 5.31. The molecule has 3 rings (SSSR count). The summed E-state index contributed by atoms with van der Waals surface area (Å²) in [6.45, 7) is 1.01. The lowest BCUT2D eigenvalue weighted by Gasteiger charge is -2.08. The summed E-state index contributed by atoms with van der Waals surface area (Å²) in [6.07, 6.45) is 6.00. The first-order valence-corrected chi connectivity index (χ1v) is 10.9. The Labute approximate surface area is 148 Å². The summed E-state index contributed by atoms with van der Waals surface area (Å²) in [5, 5.41) is 2.63. The van der Waals surface area contributed by atoms with Crippen LogP contribution >= 0.6 is 7.60 Å². The second-order valence-corrected chi connectivity index (χ2v) is 8.47. The van der Waals surface area contributed by atoms with Crippen molar-refractivity contribution < 1.29 is 14.4 Å². The number of hydrogen-bond acceptors (Lipinski definition) is 1. The van der Waals surface area contributed by atoms with E-state index in [1.165, 1.54) is 21.8 Å². The Balaban J connectivity index is 1.52. The Bertz CT molecular complexity index is 828. The van der Waals surface area contributed by atoms with E-state index >= 15 is 0 Å². The summed E-state index contributed by atoms with van der Waals surface area (Å²) in [6, 6.07) is 17.1. The summed E-state index contributed by atoms with van der Waals surface area (Å²) in [5.74, 6) is 0. The number of fused-ring (bicyclic) bond motifs is 3. The average Bonchev–Trinajstić information content (AvgIpc) is 2.91. The van der Waals surface area contributed by atoms with Gasteiger partial charge in [0.1, 0.15) is 0 Å². The molecule has 3 aromatic rings. The molecular weight excluding hydrogens is 333 g/mol. The Morgan fingerprint density at radius 2 is 1.20 bits per heavy atom. The van der Waals surface area contributed by atoms with Crippen LogP contribution in [-0.2, 0) is 11.1 Å². The van der Waals surface area contributed by atoms with Crippen LogP contribution in [0.2, 0.25) is 0 Å². The topological polar surface area (TPSA) is 62.5 Å². The third-order valence-corrected chi connectivity index (χ3v) is 5.66. The highest BCUT2D eigenvalue weighted by atomic mass is 31.2.